The Labute approximate surface area is 128 Å². The zero-order valence-corrected chi connectivity index (χ0v) is 12.5. The minimum absolute atomic E-state index is 0.416. The molecule has 22 heavy (non-hydrogen) atoms. The molecule has 1 atom stereocenters. The minimum atomic E-state index is 0.416. The lowest BCUT2D eigenvalue weighted by Gasteiger charge is -2.23. The normalized spacial score (nSPS) is 19.0. The molecule has 1 aliphatic rings. The first-order chi connectivity index (χ1) is 10.8. The Bertz CT molecular complexity index is 744. The van der Waals surface area contributed by atoms with Crippen molar-refractivity contribution in [2.24, 2.45) is 7.05 Å². The molecule has 0 radical (unpaired) electrons. The summed E-state index contributed by atoms with van der Waals surface area (Å²) in [5.74, 6) is 1.78. The molecule has 0 N–H and O–H groups in total. The van der Waals surface area contributed by atoms with Gasteiger partial charge < -0.3 is 13.5 Å². The van der Waals surface area contributed by atoms with E-state index >= 15 is 0 Å². The second kappa shape index (κ2) is 5.46. The molecule has 4 heterocycles. The quantitative estimate of drug-likeness (QED) is 0.741. The second-order valence-electron chi connectivity index (χ2n) is 5.66. The van der Waals surface area contributed by atoms with E-state index in [4.69, 9.17) is 8.94 Å². The number of aryl methyl sites for hydroxylation is 1. The van der Waals surface area contributed by atoms with Gasteiger partial charge in [0.25, 0.3) is 0 Å². The van der Waals surface area contributed by atoms with E-state index in [0.717, 1.165) is 13.0 Å². The molecule has 0 aromatic carbocycles. The number of hydrogen-bond donors (Lipinski definition) is 0. The molecule has 6 nitrogen and oxygen atoms in total. The van der Waals surface area contributed by atoms with E-state index in [2.05, 4.69) is 45.0 Å². The summed E-state index contributed by atoms with van der Waals surface area (Å²) in [6.45, 7) is 1.72. The van der Waals surface area contributed by atoms with E-state index in [9.17, 15) is 0 Å². The van der Waals surface area contributed by atoms with Gasteiger partial charge in [0.2, 0.25) is 11.7 Å². The molecule has 0 amide bonds. The van der Waals surface area contributed by atoms with Crippen LogP contribution in [0.5, 0.6) is 0 Å². The maximum absolute atomic E-state index is 5.38. The van der Waals surface area contributed by atoms with Crippen LogP contribution in [0.1, 0.15) is 30.5 Å². The molecule has 1 fully saturated rings. The van der Waals surface area contributed by atoms with Crippen LogP contribution in [0, 0.1) is 0 Å². The number of likely N-dealkylation sites (tertiary alicyclic amines) is 1. The third kappa shape index (κ3) is 2.35. The number of furan rings is 1. The molecule has 0 spiro atoms. The number of nitrogens with zero attached hydrogens (tertiary/aromatic N) is 4. The van der Waals surface area contributed by atoms with Crippen LogP contribution in [0.3, 0.4) is 0 Å². The summed E-state index contributed by atoms with van der Waals surface area (Å²) in [6, 6.07) is 8.34. The third-order valence-corrected chi connectivity index (χ3v) is 4.24. The lowest BCUT2D eigenvalue weighted by molar-refractivity contribution is 0.207. The molecular weight excluding hydrogens is 280 g/mol. The van der Waals surface area contributed by atoms with Gasteiger partial charge >= 0.3 is 0 Å². The average Bonchev–Trinajstić information content (AvgIpc) is 3.25. The average molecular weight is 298 g/mol. The Hall–Kier alpha value is -2.34. The molecule has 4 rings (SSSR count). The van der Waals surface area contributed by atoms with Gasteiger partial charge in [-0.05, 0) is 43.7 Å². The SMILES string of the molecule is Cn1cccc1[C@H]1CCCN1Cc1nc(-c2ccco2)no1. The summed E-state index contributed by atoms with van der Waals surface area (Å²) in [6.07, 6.45) is 6.05. The zero-order chi connectivity index (χ0) is 14.9. The maximum atomic E-state index is 5.38. The first kappa shape index (κ1) is 13.3. The van der Waals surface area contributed by atoms with Gasteiger partial charge in [-0.1, -0.05) is 5.16 Å². The number of hydrogen-bond acceptors (Lipinski definition) is 5. The van der Waals surface area contributed by atoms with Crippen molar-refractivity contribution >= 4 is 0 Å². The Kier molecular flexibility index (Phi) is 3.31. The standard InChI is InChI=1S/C16H18N4O2/c1-19-8-2-5-12(19)13-6-3-9-20(13)11-15-17-16(18-22-15)14-7-4-10-21-14/h2,4-5,7-8,10,13H,3,6,9,11H2,1H3/t13-/m1/s1. The lowest BCUT2D eigenvalue weighted by atomic mass is 10.1. The van der Waals surface area contributed by atoms with Crippen LogP contribution in [0.25, 0.3) is 11.6 Å². The molecule has 6 heteroatoms. The molecular formula is C16H18N4O2. The van der Waals surface area contributed by atoms with Crippen LogP contribution in [0.15, 0.2) is 45.7 Å². The Morgan fingerprint density at radius 3 is 3.05 bits per heavy atom. The van der Waals surface area contributed by atoms with E-state index in [1.807, 2.05) is 12.1 Å². The fraction of sp³-hybridized carbons (Fsp3) is 0.375. The van der Waals surface area contributed by atoms with Crippen molar-refractivity contribution in [3.63, 3.8) is 0 Å². The number of aromatic nitrogens is 3. The first-order valence-electron chi connectivity index (χ1n) is 7.53. The van der Waals surface area contributed by atoms with Crippen molar-refractivity contribution in [2.45, 2.75) is 25.4 Å². The summed E-state index contributed by atoms with van der Waals surface area (Å²) in [5.41, 5.74) is 1.34. The van der Waals surface area contributed by atoms with Crippen LogP contribution in [-0.4, -0.2) is 26.2 Å². The molecule has 1 saturated heterocycles. The van der Waals surface area contributed by atoms with Crippen molar-refractivity contribution in [2.75, 3.05) is 6.54 Å². The molecule has 0 saturated carbocycles. The van der Waals surface area contributed by atoms with E-state index < -0.39 is 0 Å². The van der Waals surface area contributed by atoms with E-state index in [-0.39, 0.29) is 0 Å². The van der Waals surface area contributed by atoms with Crippen molar-refractivity contribution in [1.29, 1.82) is 0 Å². The van der Waals surface area contributed by atoms with Gasteiger partial charge in [0.05, 0.1) is 18.8 Å². The summed E-state index contributed by atoms with van der Waals surface area (Å²) in [7, 11) is 2.09. The third-order valence-electron chi connectivity index (χ3n) is 4.24. The van der Waals surface area contributed by atoms with Gasteiger partial charge in [0.15, 0.2) is 5.76 Å². The van der Waals surface area contributed by atoms with Gasteiger partial charge in [-0.15, -0.1) is 0 Å². The maximum Gasteiger partial charge on any atom is 0.241 e. The van der Waals surface area contributed by atoms with Gasteiger partial charge in [-0.3, -0.25) is 4.90 Å². The van der Waals surface area contributed by atoms with E-state index in [1.165, 1.54) is 12.1 Å². The van der Waals surface area contributed by atoms with E-state index in [1.54, 1.807) is 6.26 Å². The van der Waals surface area contributed by atoms with Crippen molar-refractivity contribution in [1.82, 2.24) is 19.6 Å². The number of rotatable bonds is 4. The molecule has 114 valence electrons. The smallest absolute Gasteiger partial charge is 0.241 e. The Balaban J connectivity index is 1.52. The van der Waals surface area contributed by atoms with Crippen molar-refractivity contribution < 1.29 is 8.94 Å². The monoisotopic (exact) mass is 298 g/mol. The Morgan fingerprint density at radius 2 is 2.27 bits per heavy atom. The highest BCUT2D eigenvalue weighted by molar-refractivity contribution is 5.44. The predicted octanol–water partition coefficient (Wildman–Crippen LogP) is 3.01. The second-order valence-corrected chi connectivity index (χ2v) is 5.66. The summed E-state index contributed by atoms with van der Waals surface area (Å²) >= 11 is 0. The topological polar surface area (TPSA) is 60.2 Å². The van der Waals surface area contributed by atoms with Crippen LogP contribution in [-0.2, 0) is 13.6 Å². The van der Waals surface area contributed by atoms with Gasteiger partial charge in [-0.2, -0.15) is 4.98 Å². The van der Waals surface area contributed by atoms with Gasteiger partial charge in [-0.25, -0.2) is 0 Å². The predicted molar refractivity (Wildman–Crippen MR) is 79.8 cm³/mol. The van der Waals surface area contributed by atoms with Crippen LogP contribution in [0.4, 0.5) is 0 Å². The van der Waals surface area contributed by atoms with Gasteiger partial charge in [0, 0.05) is 18.9 Å². The Morgan fingerprint density at radius 1 is 1.32 bits per heavy atom. The van der Waals surface area contributed by atoms with Gasteiger partial charge in [0.1, 0.15) is 0 Å². The highest BCUT2D eigenvalue weighted by Gasteiger charge is 2.29. The molecule has 1 aliphatic heterocycles. The minimum Gasteiger partial charge on any atom is -0.461 e. The zero-order valence-electron chi connectivity index (χ0n) is 12.5. The fourth-order valence-electron chi connectivity index (χ4n) is 3.17. The summed E-state index contributed by atoms with van der Waals surface area (Å²) in [5, 5.41) is 3.99. The van der Waals surface area contributed by atoms with Crippen LogP contribution >= 0.6 is 0 Å². The first-order valence-corrected chi connectivity index (χ1v) is 7.53. The molecule has 0 unspecified atom stereocenters. The summed E-state index contributed by atoms with van der Waals surface area (Å²) < 4.78 is 12.9. The molecule has 3 aromatic rings. The van der Waals surface area contributed by atoms with Crippen molar-refractivity contribution in [3.8, 4) is 11.6 Å². The summed E-state index contributed by atoms with van der Waals surface area (Å²) in [4.78, 5) is 6.83. The largest absolute Gasteiger partial charge is 0.461 e. The van der Waals surface area contributed by atoms with Crippen LogP contribution in [0.2, 0.25) is 0 Å². The lowest BCUT2D eigenvalue weighted by Crippen LogP contribution is -2.24. The molecule has 3 aromatic heterocycles. The highest BCUT2D eigenvalue weighted by Crippen LogP contribution is 2.33. The molecule has 0 bridgehead atoms. The van der Waals surface area contributed by atoms with Crippen molar-refractivity contribution in [3.05, 3.63) is 48.3 Å². The fourth-order valence-corrected chi connectivity index (χ4v) is 3.17. The van der Waals surface area contributed by atoms with E-state index in [0.29, 0.717) is 30.1 Å². The molecule has 0 aliphatic carbocycles. The highest BCUT2D eigenvalue weighted by atomic mass is 16.5. The van der Waals surface area contributed by atoms with Crippen LogP contribution < -0.4 is 0 Å².